The third-order valence-corrected chi connectivity index (χ3v) is 3.38. The predicted octanol–water partition coefficient (Wildman–Crippen LogP) is 4.16. The molecule has 0 saturated carbocycles. The number of hydrogen-bond donors (Lipinski definition) is 2. The summed E-state index contributed by atoms with van der Waals surface area (Å²) in [7, 11) is 0. The maximum absolute atomic E-state index is 10.7. The Balaban J connectivity index is 3.29. The lowest BCUT2D eigenvalue weighted by molar-refractivity contribution is -0.143. The molecule has 0 fully saturated rings. The first-order valence-corrected chi connectivity index (χ1v) is 7.71. The van der Waals surface area contributed by atoms with E-state index in [9.17, 15) is 4.79 Å². The maximum atomic E-state index is 10.7. The van der Waals surface area contributed by atoms with Crippen molar-refractivity contribution in [3.63, 3.8) is 0 Å². The summed E-state index contributed by atoms with van der Waals surface area (Å²) in [5.41, 5.74) is 0. The number of carboxylic acids is 1. The summed E-state index contributed by atoms with van der Waals surface area (Å²) in [5, 5.41) is 17.6. The standard InChI is InChI=1S/C16H30O3/c1-2-3-4-5-6-7-8-9-10-11-12-13-15(14-17)16(18)19/h6-7,15,17H,2-5,8-14H2,1H3,(H,18,19)/b7-6+. The number of hydrogen-bond acceptors (Lipinski definition) is 2. The van der Waals surface area contributed by atoms with Crippen LogP contribution in [0.4, 0.5) is 0 Å². The van der Waals surface area contributed by atoms with Crippen LogP contribution in [0, 0.1) is 5.92 Å². The number of carbonyl (C=O) groups is 1. The topological polar surface area (TPSA) is 57.5 Å². The van der Waals surface area contributed by atoms with Crippen molar-refractivity contribution < 1.29 is 15.0 Å². The van der Waals surface area contributed by atoms with Crippen LogP contribution in [0.1, 0.15) is 71.1 Å². The molecule has 0 aliphatic carbocycles. The SMILES string of the molecule is CCCCC/C=C/CCCCCCC(CO)C(=O)O. The smallest absolute Gasteiger partial charge is 0.308 e. The lowest BCUT2D eigenvalue weighted by Gasteiger charge is -2.07. The average molecular weight is 270 g/mol. The molecule has 0 bridgehead atoms. The molecule has 0 aliphatic heterocycles. The second-order valence-corrected chi connectivity index (χ2v) is 5.18. The van der Waals surface area contributed by atoms with Crippen molar-refractivity contribution in [1.29, 1.82) is 0 Å². The second kappa shape index (κ2) is 13.6. The van der Waals surface area contributed by atoms with E-state index in [0.717, 1.165) is 25.7 Å². The van der Waals surface area contributed by atoms with Gasteiger partial charge in [-0.25, -0.2) is 0 Å². The largest absolute Gasteiger partial charge is 0.481 e. The van der Waals surface area contributed by atoms with Gasteiger partial charge in [-0.2, -0.15) is 0 Å². The molecule has 1 atom stereocenters. The molecule has 0 amide bonds. The van der Waals surface area contributed by atoms with Gasteiger partial charge >= 0.3 is 5.97 Å². The number of rotatable bonds is 13. The molecule has 0 radical (unpaired) electrons. The zero-order chi connectivity index (χ0) is 14.3. The fourth-order valence-corrected chi connectivity index (χ4v) is 2.05. The van der Waals surface area contributed by atoms with Gasteiger partial charge in [0.1, 0.15) is 0 Å². The Hall–Kier alpha value is -0.830. The van der Waals surface area contributed by atoms with Crippen LogP contribution >= 0.6 is 0 Å². The fraction of sp³-hybridized carbons (Fsp3) is 0.812. The summed E-state index contributed by atoms with van der Waals surface area (Å²) in [6, 6.07) is 0. The van der Waals surface area contributed by atoms with Crippen molar-refractivity contribution in [2.45, 2.75) is 71.1 Å². The van der Waals surface area contributed by atoms with Crippen LogP contribution in [0.15, 0.2) is 12.2 Å². The highest BCUT2D eigenvalue weighted by atomic mass is 16.4. The monoisotopic (exact) mass is 270 g/mol. The van der Waals surface area contributed by atoms with Crippen molar-refractivity contribution in [3.05, 3.63) is 12.2 Å². The third-order valence-electron chi connectivity index (χ3n) is 3.38. The Morgan fingerprint density at radius 1 is 1.00 bits per heavy atom. The van der Waals surface area contributed by atoms with Crippen molar-refractivity contribution in [2.24, 2.45) is 5.92 Å². The van der Waals surface area contributed by atoms with Gasteiger partial charge in [-0.15, -0.1) is 0 Å². The number of carboxylic acid groups (broad SMARTS) is 1. The van der Waals surface area contributed by atoms with Gasteiger partial charge in [0.15, 0.2) is 0 Å². The van der Waals surface area contributed by atoms with Crippen molar-refractivity contribution in [2.75, 3.05) is 6.61 Å². The molecule has 19 heavy (non-hydrogen) atoms. The normalized spacial score (nSPS) is 12.9. The van der Waals surface area contributed by atoms with Gasteiger partial charge in [0.25, 0.3) is 0 Å². The lowest BCUT2D eigenvalue weighted by atomic mass is 10.0. The molecule has 0 rings (SSSR count). The van der Waals surface area contributed by atoms with Crippen LogP contribution < -0.4 is 0 Å². The quantitative estimate of drug-likeness (QED) is 0.390. The summed E-state index contributed by atoms with van der Waals surface area (Å²) in [6.45, 7) is 1.98. The molecule has 0 spiro atoms. The Kier molecular flexibility index (Phi) is 13.0. The Morgan fingerprint density at radius 2 is 1.58 bits per heavy atom. The Bertz CT molecular complexity index is 236. The van der Waals surface area contributed by atoms with E-state index < -0.39 is 11.9 Å². The highest BCUT2D eigenvalue weighted by molar-refractivity contribution is 5.69. The van der Waals surface area contributed by atoms with E-state index in [1.54, 1.807) is 0 Å². The molecular weight excluding hydrogens is 240 g/mol. The molecule has 0 saturated heterocycles. The van der Waals surface area contributed by atoms with Gasteiger partial charge in [0.05, 0.1) is 12.5 Å². The molecule has 0 aromatic heterocycles. The van der Waals surface area contributed by atoms with Gasteiger partial charge in [-0.1, -0.05) is 51.2 Å². The van der Waals surface area contributed by atoms with Crippen LogP contribution in [-0.2, 0) is 4.79 Å². The van der Waals surface area contributed by atoms with Crippen LogP contribution in [0.2, 0.25) is 0 Å². The van der Waals surface area contributed by atoms with Crippen LogP contribution in [0.3, 0.4) is 0 Å². The Labute approximate surface area is 117 Å². The second-order valence-electron chi connectivity index (χ2n) is 5.18. The van der Waals surface area contributed by atoms with E-state index in [2.05, 4.69) is 19.1 Å². The molecule has 0 aliphatic rings. The number of aliphatic carboxylic acids is 1. The molecule has 0 aromatic rings. The summed E-state index contributed by atoms with van der Waals surface area (Å²) < 4.78 is 0. The minimum absolute atomic E-state index is 0.240. The van der Waals surface area contributed by atoms with Crippen molar-refractivity contribution >= 4 is 5.97 Å². The molecular formula is C16H30O3. The molecule has 3 heteroatoms. The minimum Gasteiger partial charge on any atom is -0.481 e. The highest BCUT2D eigenvalue weighted by Gasteiger charge is 2.14. The number of unbranched alkanes of at least 4 members (excludes halogenated alkanes) is 7. The molecule has 2 N–H and O–H groups in total. The number of aliphatic hydroxyl groups is 1. The predicted molar refractivity (Wildman–Crippen MR) is 79.2 cm³/mol. The van der Waals surface area contributed by atoms with Gasteiger partial charge in [0, 0.05) is 0 Å². The summed E-state index contributed by atoms with van der Waals surface area (Å²) >= 11 is 0. The first-order valence-electron chi connectivity index (χ1n) is 7.71. The first-order chi connectivity index (χ1) is 9.22. The first kappa shape index (κ1) is 18.2. The van der Waals surface area contributed by atoms with E-state index in [4.69, 9.17) is 10.2 Å². The van der Waals surface area contributed by atoms with E-state index in [1.807, 2.05) is 0 Å². The third kappa shape index (κ3) is 12.0. The van der Waals surface area contributed by atoms with E-state index in [1.165, 1.54) is 32.1 Å². The fourth-order valence-electron chi connectivity index (χ4n) is 2.05. The van der Waals surface area contributed by atoms with Crippen molar-refractivity contribution in [3.8, 4) is 0 Å². The zero-order valence-corrected chi connectivity index (χ0v) is 12.3. The summed E-state index contributed by atoms with van der Waals surface area (Å²) in [6.07, 6.45) is 15.7. The van der Waals surface area contributed by atoms with Crippen LogP contribution in [-0.4, -0.2) is 22.8 Å². The molecule has 3 nitrogen and oxygen atoms in total. The molecule has 0 aromatic carbocycles. The molecule has 1 unspecified atom stereocenters. The average Bonchev–Trinajstić information content (AvgIpc) is 2.40. The number of aliphatic hydroxyl groups excluding tert-OH is 1. The van der Waals surface area contributed by atoms with Gasteiger partial charge in [-0.05, 0) is 32.1 Å². The summed E-state index contributed by atoms with van der Waals surface area (Å²) in [4.78, 5) is 10.7. The summed E-state index contributed by atoms with van der Waals surface area (Å²) in [5.74, 6) is -1.45. The van der Waals surface area contributed by atoms with Gasteiger partial charge < -0.3 is 10.2 Å². The van der Waals surface area contributed by atoms with Crippen LogP contribution in [0.25, 0.3) is 0 Å². The molecule has 112 valence electrons. The lowest BCUT2D eigenvalue weighted by Crippen LogP contribution is -2.17. The van der Waals surface area contributed by atoms with Crippen molar-refractivity contribution in [1.82, 2.24) is 0 Å². The Morgan fingerprint density at radius 3 is 2.11 bits per heavy atom. The van der Waals surface area contributed by atoms with Crippen LogP contribution in [0.5, 0.6) is 0 Å². The number of allylic oxidation sites excluding steroid dienone is 2. The maximum Gasteiger partial charge on any atom is 0.308 e. The van der Waals surface area contributed by atoms with E-state index >= 15 is 0 Å². The van der Waals surface area contributed by atoms with Gasteiger partial charge in [0.2, 0.25) is 0 Å². The zero-order valence-electron chi connectivity index (χ0n) is 12.3. The van der Waals surface area contributed by atoms with E-state index in [0.29, 0.717) is 6.42 Å². The minimum atomic E-state index is -0.877. The van der Waals surface area contributed by atoms with E-state index in [-0.39, 0.29) is 6.61 Å². The molecule has 0 heterocycles. The van der Waals surface area contributed by atoms with Gasteiger partial charge in [-0.3, -0.25) is 4.79 Å². The highest BCUT2D eigenvalue weighted by Crippen LogP contribution is 2.12.